The lowest BCUT2D eigenvalue weighted by Crippen LogP contribution is -2.55. The van der Waals surface area contributed by atoms with Gasteiger partial charge in [0, 0.05) is 17.9 Å². The number of fused-ring (bicyclic) bond motifs is 9. The van der Waals surface area contributed by atoms with Crippen molar-refractivity contribution in [2.24, 2.45) is 52.0 Å². The molecule has 1 heterocycles. The second-order valence-corrected chi connectivity index (χ2v) is 10.3. The number of allylic oxidation sites excluding steroid dienone is 1. The fraction of sp³-hybridized carbons (Fsp3) is 0.783. The first-order chi connectivity index (χ1) is 13.1. The lowest BCUT2D eigenvalue weighted by molar-refractivity contribution is -0.134. The molecule has 4 fully saturated rings. The smallest absolute Gasteiger partial charge is 0.0954 e. The van der Waals surface area contributed by atoms with Crippen LogP contribution in [-0.2, 0) is 4.74 Å². The van der Waals surface area contributed by atoms with Gasteiger partial charge in [0.05, 0.1) is 17.9 Å². The maximum atomic E-state index is 10.2. The molecule has 1 spiro atoms. The fourth-order valence-corrected chi connectivity index (χ4v) is 8.67. The van der Waals surface area contributed by atoms with Gasteiger partial charge in [-0.3, -0.25) is 0 Å². The van der Waals surface area contributed by atoms with Crippen molar-refractivity contribution in [3.8, 4) is 0 Å². The topological polar surface area (TPSA) is 62.1 Å². The van der Waals surface area contributed by atoms with Crippen LogP contribution in [0.15, 0.2) is 29.0 Å². The van der Waals surface area contributed by atoms with Gasteiger partial charge in [-0.1, -0.05) is 29.8 Å². The molecule has 0 aromatic rings. The van der Waals surface area contributed by atoms with Crippen molar-refractivity contribution in [3.05, 3.63) is 23.8 Å². The van der Waals surface area contributed by atoms with E-state index in [9.17, 15) is 10.3 Å². The minimum Gasteiger partial charge on any atom is -0.411 e. The highest BCUT2D eigenvalue weighted by Gasteiger charge is 2.76. The summed E-state index contributed by atoms with van der Waals surface area (Å²) in [6, 6.07) is 0. The van der Waals surface area contributed by atoms with E-state index in [2.05, 4.69) is 30.3 Å². The van der Waals surface area contributed by atoms with Gasteiger partial charge in [0.2, 0.25) is 0 Å². The van der Waals surface area contributed by atoms with Crippen LogP contribution in [-0.4, -0.2) is 34.8 Å². The number of nitrogens with zero attached hydrogens (tertiary/aromatic N) is 1. The average molecular weight is 370 g/mol. The molecule has 4 nitrogen and oxygen atoms in total. The fourth-order valence-electron chi connectivity index (χ4n) is 8.67. The lowest BCUT2D eigenvalue weighted by atomic mass is 9.48. The first-order valence-electron chi connectivity index (χ1n) is 11.0. The Morgan fingerprint density at radius 2 is 2.11 bits per heavy atom. The number of oxime groups is 1. The molecule has 0 amide bonds. The Balaban J connectivity index is 1.39. The largest absolute Gasteiger partial charge is 0.411 e. The van der Waals surface area contributed by atoms with E-state index in [0.717, 1.165) is 55.3 Å². The summed E-state index contributed by atoms with van der Waals surface area (Å²) >= 11 is 0. The average Bonchev–Trinajstić information content (AvgIpc) is 3.25. The van der Waals surface area contributed by atoms with Crippen LogP contribution in [0.1, 0.15) is 45.4 Å². The minimum atomic E-state index is 0.00140. The predicted molar refractivity (Wildman–Crippen MR) is 102 cm³/mol. The van der Waals surface area contributed by atoms with E-state index in [4.69, 9.17) is 4.74 Å². The third-order valence-electron chi connectivity index (χ3n) is 9.64. The summed E-state index contributed by atoms with van der Waals surface area (Å²) in [6.07, 6.45) is 13.7. The highest BCUT2D eigenvalue weighted by Crippen LogP contribution is 2.77. The van der Waals surface area contributed by atoms with Crippen LogP contribution >= 0.6 is 0 Å². The van der Waals surface area contributed by atoms with Crippen LogP contribution < -0.4 is 0 Å². The van der Waals surface area contributed by atoms with Crippen LogP contribution in [0.2, 0.25) is 0 Å². The maximum Gasteiger partial charge on any atom is 0.0954 e. The van der Waals surface area contributed by atoms with E-state index in [0.29, 0.717) is 11.8 Å². The second-order valence-electron chi connectivity index (χ2n) is 10.3. The zero-order valence-corrected chi connectivity index (χ0v) is 16.2. The number of hydrogen-bond acceptors (Lipinski definition) is 4. The van der Waals surface area contributed by atoms with Crippen molar-refractivity contribution in [1.82, 2.24) is 0 Å². The van der Waals surface area contributed by atoms with Gasteiger partial charge < -0.3 is 15.1 Å². The third kappa shape index (κ3) is 1.94. The molecule has 0 aromatic heterocycles. The van der Waals surface area contributed by atoms with Crippen molar-refractivity contribution < 1.29 is 15.1 Å². The van der Waals surface area contributed by atoms with Gasteiger partial charge in [-0.2, -0.15) is 0 Å². The molecule has 0 radical (unpaired) electrons. The van der Waals surface area contributed by atoms with Crippen LogP contribution in [0.4, 0.5) is 0 Å². The zero-order valence-electron chi connectivity index (χ0n) is 16.2. The van der Waals surface area contributed by atoms with E-state index in [1.54, 1.807) is 0 Å². The van der Waals surface area contributed by atoms with E-state index in [1.165, 1.54) is 24.8 Å². The van der Waals surface area contributed by atoms with Crippen molar-refractivity contribution in [2.75, 3.05) is 13.2 Å². The molecular formula is C23H31NO3. The van der Waals surface area contributed by atoms with Gasteiger partial charge in [-0.15, -0.1) is 0 Å². The van der Waals surface area contributed by atoms with Crippen molar-refractivity contribution in [1.29, 1.82) is 0 Å². The molecule has 0 saturated heterocycles. The summed E-state index contributed by atoms with van der Waals surface area (Å²) in [4.78, 5) is 0. The van der Waals surface area contributed by atoms with Crippen molar-refractivity contribution in [3.63, 3.8) is 0 Å². The van der Waals surface area contributed by atoms with Crippen LogP contribution in [0.5, 0.6) is 0 Å². The number of aliphatic hydroxyl groups is 1. The van der Waals surface area contributed by atoms with Gasteiger partial charge in [-0.25, -0.2) is 0 Å². The molecule has 0 unspecified atom stereocenters. The summed E-state index contributed by atoms with van der Waals surface area (Å²) in [5.74, 6) is 4.56. The maximum absolute atomic E-state index is 10.2. The Bertz CT molecular complexity index is 757. The molecule has 2 N–H and O–H groups in total. The van der Waals surface area contributed by atoms with Gasteiger partial charge >= 0.3 is 0 Å². The SMILES string of the molecule is C[C@]12CC[C@H]3[C@@H](C[C@H](CO)C4=C/C(=N/O)CC[C@@H]43)[C@@H]1[C@@H]1C[C@@H]1[C@@]21C=CCO1. The molecule has 0 bridgehead atoms. The monoisotopic (exact) mass is 369 g/mol. The minimum absolute atomic E-state index is 0.00140. The molecule has 146 valence electrons. The highest BCUT2D eigenvalue weighted by molar-refractivity contribution is 5.96. The molecule has 6 aliphatic rings. The van der Waals surface area contributed by atoms with E-state index in [-0.39, 0.29) is 23.5 Å². The van der Waals surface area contributed by atoms with Crippen LogP contribution in [0.3, 0.4) is 0 Å². The summed E-state index contributed by atoms with van der Waals surface area (Å²) in [5, 5.41) is 22.9. The van der Waals surface area contributed by atoms with Gasteiger partial charge in [0.1, 0.15) is 0 Å². The Hall–Kier alpha value is -1.13. The summed E-state index contributed by atoms with van der Waals surface area (Å²) in [5.41, 5.74) is 2.44. The Labute approximate surface area is 161 Å². The molecule has 9 atom stereocenters. The molecule has 27 heavy (non-hydrogen) atoms. The molecule has 4 saturated carbocycles. The molecule has 1 aliphatic heterocycles. The molecule has 6 rings (SSSR count). The summed E-state index contributed by atoms with van der Waals surface area (Å²) in [7, 11) is 0. The van der Waals surface area contributed by atoms with E-state index >= 15 is 0 Å². The summed E-state index contributed by atoms with van der Waals surface area (Å²) < 4.78 is 6.48. The molecule has 5 aliphatic carbocycles. The quantitative estimate of drug-likeness (QED) is 0.420. The van der Waals surface area contributed by atoms with Crippen LogP contribution in [0.25, 0.3) is 0 Å². The van der Waals surface area contributed by atoms with Crippen LogP contribution in [0, 0.1) is 46.8 Å². The summed E-state index contributed by atoms with van der Waals surface area (Å²) in [6.45, 7) is 3.54. The Morgan fingerprint density at radius 1 is 1.22 bits per heavy atom. The number of aliphatic hydroxyl groups excluding tert-OH is 1. The number of rotatable bonds is 1. The van der Waals surface area contributed by atoms with E-state index in [1.807, 2.05) is 0 Å². The molecule has 0 aromatic carbocycles. The van der Waals surface area contributed by atoms with E-state index < -0.39 is 0 Å². The first kappa shape index (κ1) is 16.8. The highest BCUT2D eigenvalue weighted by atomic mass is 16.5. The third-order valence-corrected chi connectivity index (χ3v) is 9.64. The first-order valence-corrected chi connectivity index (χ1v) is 11.0. The molecular weight excluding hydrogens is 338 g/mol. The van der Waals surface area contributed by atoms with Gasteiger partial charge in [0.15, 0.2) is 0 Å². The van der Waals surface area contributed by atoms with Gasteiger partial charge in [0.25, 0.3) is 0 Å². The predicted octanol–water partition coefficient (Wildman–Crippen LogP) is 3.79. The van der Waals surface area contributed by atoms with Gasteiger partial charge in [-0.05, 0) is 80.1 Å². The Kier molecular flexibility index (Phi) is 3.41. The van der Waals surface area contributed by atoms with Crippen molar-refractivity contribution >= 4 is 5.71 Å². The standard InChI is InChI=1S/C23H31NO3/c1-22-7-5-16-15-4-3-14(24-26)10-17(15)13(12-25)9-18(16)21(22)19-11-20(19)23(22)6-2-8-27-23/h2,6,10,13,15-16,18-21,25-26H,3-5,7-9,11-12H2,1H3/b24-14+/t13-,15-,16-,18-,19-,20+,21-,22+,23+/m1/s1. The van der Waals surface area contributed by atoms with Crippen molar-refractivity contribution in [2.45, 2.75) is 51.0 Å². The second kappa shape index (κ2) is 5.48. The zero-order chi connectivity index (χ0) is 18.4. The normalized spacial score (nSPS) is 56.4. The number of hydrogen-bond donors (Lipinski definition) is 2. The number of ether oxygens (including phenoxy) is 1. The lowest BCUT2D eigenvalue weighted by Gasteiger charge is -2.58. The Morgan fingerprint density at radius 3 is 2.85 bits per heavy atom. The molecule has 4 heteroatoms.